The Balaban J connectivity index is 2.15. The highest BCUT2D eigenvalue weighted by atomic mass is 16.7. The molecule has 2 aromatic rings. The Morgan fingerprint density at radius 2 is 1.74 bits per heavy atom. The SMILES string of the molecule is C/C=c1\c(=C/N)c2ccc(B3OC(C)(C)C(C)(C)O3)cc2n1C. The first-order chi connectivity index (χ1) is 10.7. The minimum absolute atomic E-state index is 0.334. The lowest BCUT2D eigenvalue weighted by Gasteiger charge is -2.32. The number of nitrogens with two attached hydrogens (primary N) is 1. The van der Waals surface area contributed by atoms with Crippen LogP contribution in [0.2, 0.25) is 0 Å². The van der Waals surface area contributed by atoms with Crippen LogP contribution in [0.5, 0.6) is 0 Å². The van der Waals surface area contributed by atoms with Gasteiger partial charge in [-0.25, -0.2) is 0 Å². The number of aromatic nitrogens is 1. The van der Waals surface area contributed by atoms with Gasteiger partial charge in [-0.3, -0.25) is 0 Å². The Hall–Kier alpha value is -1.72. The molecule has 5 heteroatoms. The third-order valence-corrected chi connectivity index (χ3v) is 5.28. The molecule has 3 rings (SSSR count). The lowest BCUT2D eigenvalue weighted by atomic mass is 9.79. The summed E-state index contributed by atoms with van der Waals surface area (Å²) in [4.78, 5) is 0. The first kappa shape index (κ1) is 16.2. The Labute approximate surface area is 137 Å². The highest BCUT2D eigenvalue weighted by molar-refractivity contribution is 6.62. The predicted octanol–water partition coefficient (Wildman–Crippen LogP) is 0.975. The lowest BCUT2D eigenvalue weighted by molar-refractivity contribution is 0.00578. The summed E-state index contributed by atoms with van der Waals surface area (Å²) in [6.07, 6.45) is 3.75. The van der Waals surface area contributed by atoms with Crippen molar-refractivity contribution in [3.63, 3.8) is 0 Å². The van der Waals surface area contributed by atoms with E-state index >= 15 is 0 Å². The van der Waals surface area contributed by atoms with Gasteiger partial charge in [0.2, 0.25) is 0 Å². The molecule has 1 aliphatic rings. The number of rotatable bonds is 1. The molecular weight excluding hydrogens is 287 g/mol. The van der Waals surface area contributed by atoms with Crippen molar-refractivity contribution >= 4 is 35.8 Å². The summed E-state index contributed by atoms with van der Waals surface area (Å²) in [7, 11) is 1.71. The molecule has 4 nitrogen and oxygen atoms in total. The van der Waals surface area contributed by atoms with Crippen molar-refractivity contribution in [2.45, 2.75) is 45.8 Å². The maximum absolute atomic E-state index is 6.16. The number of nitrogens with zero attached hydrogens (tertiary/aromatic N) is 1. The van der Waals surface area contributed by atoms with E-state index < -0.39 is 0 Å². The Kier molecular flexibility index (Phi) is 3.61. The summed E-state index contributed by atoms with van der Waals surface area (Å²) in [5, 5.41) is 3.32. The predicted molar refractivity (Wildman–Crippen MR) is 96.7 cm³/mol. The summed E-state index contributed by atoms with van der Waals surface area (Å²) in [5.74, 6) is 0. The van der Waals surface area contributed by atoms with Gasteiger partial charge in [0.15, 0.2) is 0 Å². The van der Waals surface area contributed by atoms with Crippen LogP contribution in [-0.2, 0) is 16.4 Å². The van der Waals surface area contributed by atoms with Gasteiger partial charge in [-0.2, -0.15) is 0 Å². The largest absolute Gasteiger partial charge is 0.494 e. The quantitative estimate of drug-likeness (QED) is 0.799. The third-order valence-electron chi connectivity index (χ3n) is 5.28. The van der Waals surface area contributed by atoms with Gasteiger partial charge in [0.1, 0.15) is 0 Å². The molecule has 2 N–H and O–H groups in total. The monoisotopic (exact) mass is 312 g/mol. The van der Waals surface area contributed by atoms with Crippen molar-refractivity contribution in [2.75, 3.05) is 0 Å². The van der Waals surface area contributed by atoms with Crippen LogP contribution in [0.3, 0.4) is 0 Å². The molecule has 1 aromatic carbocycles. The van der Waals surface area contributed by atoms with Crippen LogP contribution in [-0.4, -0.2) is 22.9 Å². The van der Waals surface area contributed by atoms with Crippen LogP contribution < -0.4 is 21.8 Å². The minimum atomic E-state index is -0.348. The first-order valence-electron chi connectivity index (χ1n) is 8.04. The zero-order valence-electron chi connectivity index (χ0n) is 14.8. The average Bonchev–Trinajstić information content (AvgIpc) is 2.88. The van der Waals surface area contributed by atoms with Crippen LogP contribution in [0.1, 0.15) is 34.6 Å². The highest BCUT2D eigenvalue weighted by Gasteiger charge is 2.51. The van der Waals surface area contributed by atoms with Crippen molar-refractivity contribution in [3.05, 3.63) is 28.8 Å². The van der Waals surface area contributed by atoms with E-state index in [1.807, 2.05) is 6.92 Å². The second-order valence-corrected chi connectivity index (χ2v) is 7.18. The molecule has 23 heavy (non-hydrogen) atoms. The van der Waals surface area contributed by atoms with Gasteiger partial charge in [-0.1, -0.05) is 18.2 Å². The second-order valence-electron chi connectivity index (χ2n) is 7.18. The molecule has 1 saturated heterocycles. The zero-order chi connectivity index (χ0) is 17.0. The van der Waals surface area contributed by atoms with Crippen molar-refractivity contribution in [1.82, 2.24) is 4.57 Å². The molecule has 0 atom stereocenters. The van der Waals surface area contributed by atoms with E-state index in [4.69, 9.17) is 15.0 Å². The summed E-state index contributed by atoms with van der Waals surface area (Å²) in [5.41, 5.74) is 7.32. The standard InChI is InChI=1S/C18H25BN2O2/c1-7-15-14(11-20)13-9-8-12(10-16(13)21(15)6)19-22-17(2,3)18(4,5)23-19/h7-11H,20H2,1-6H3/b14-11-,15-7+. The van der Waals surface area contributed by atoms with Crippen LogP contribution >= 0.6 is 0 Å². The lowest BCUT2D eigenvalue weighted by Crippen LogP contribution is -2.41. The molecule has 0 radical (unpaired) electrons. The van der Waals surface area contributed by atoms with Crippen LogP contribution in [0.15, 0.2) is 18.2 Å². The Bertz CT molecular complexity index is 865. The fraction of sp³-hybridized carbons (Fsp3) is 0.444. The van der Waals surface area contributed by atoms with E-state index in [1.165, 1.54) is 0 Å². The van der Waals surface area contributed by atoms with Gasteiger partial charge in [-0.05, 0) is 46.1 Å². The van der Waals surface area contributed by atoms with E-state index in [-0.39, 0.29) is 18.3 Å². The smallest absolute Gasteiger partial charge is 0.404 e. The average molecular weight is 312 g/mol. The molecule has 0 spiro atoms. The topological polar surface area (TPSA) is 49.4 Å². The first-order valence-corrected chi connectivity index (χ1v) is 8.04. The van der Waals surface area contributed by atoms with Crippen LogP contribution in [0.4, 0.5) is 0 Å². The molecule has 1 fully saturated rings. The van der Waals surface area contributed by atoms with Crippen molar-refractivity contribution in [3.8, 4) is 0 Å². The maximum Gasteiger partial charge on any atom is 0.494 e. The van der Waals surface area contributed by atoms with Crippen molar-refractivity contribution < 1.29 is 9.31 Å². The third kappa shape index (κ3) is 2.30. The van der Waals surface area contributed by atoms with Gasteiger partial charge in [0.25, 0.3) is 0 Å². The number of hydrogen-bond acceptors (Lipinski definition) is 3. The van der Waals surface area contributed by atoms with E-state index in [2.05, 4.69) is 63.6 Å². The Morgan fingerprint density at radius 3 is 2.26 bits per heavy atom. The molecular formula is C18H25BN2O2. The van der Waals surface area contributed by atoms with Crippen molar-refractivity contribution in [2.24, 2.45) is 12.8 Å². The fourth-order valence-corrected chi connectivity index (χ4v) is 3.15. The number of benzene rings is 1. The maximum atomic E-state index is 6.16. The second kappa shape index (κ2) is 5.15. The van der Waals surface area contributed by atoms with Crippen LogP contribution in [0.25, 0.3) is 23.2 Å². The molecule has 122 valence electrons. The summed E-state index contributed by atoms with van der Waals surface area (Å²) in [6.45, 7) is 10.3. The van der Waals surface area contributed by atoms with E-state index in [0.29, 0.717) is 0 Å². The van der Waals surface area contributed by atoms with Gasteiger partial charge in [0, 0.05) is 34.7 Å². The van der Waals surface area contributed by atoms with E-state index in [1.54, 1.807) is 6.20 Å². The fourth-order valence-electron chi connectivity index (χ4n) is 3.15. The Morgan fingerprint density at radius 1 is 1.13 bits per heavy atom. The molecule has 2 heterocycles. The van der Waals surface area contributed by atoms with Gasteiger partial charge < -0.3 is 19.6 Å². The number of fused-ring (bicyclic) bond motifs is 1. The molecule has 0 unspecified atom stereocenters. The molecule has 1 aliphatic heterocycles. The molecule has 0 aliphatic carbocycles. The summed E-state index contributed by atoms with van der Waals surface area (Å²) in [6, 6.07) is 6.30. The van der Waals surface area contributed by atoms with Gasteiger partial charge in [-0.15, -0.1) is 0 Å². The van der Waals surface area contributed by atoms with Gasteiger partial charge >= 0.3 is 7.12 Å². The summed E-state index contributed by atoms with van der Waals surface area (Å²) >= 11 is 0. The summed E-state index contributed by atoms with van der Waals surface area (Å²) < 4.78 is 14.5. The molecule has 0 amide bonds. The molecule has 1 aromatic heterocycles. The number of aryl methyl sites for hydroxylation is 1. The van der Waals surface area contributed by atoms with Crippen molar-refractivity contribution in [1.29, 1.82) is 0 Å². The number of hydrogen-bond donors (Lipinski definition) is 1. The normalized spacial score (nSPS) is 21.6. The van der Waals surface area contributed by atoms with E-state index in [9.17, 15) is 0 Å². The molecule has 0 bridgehead atoms. The highest BCUT2D eigenvalue weighted by Crippen LogP contribution is 2.36. The zero-order valence-corrected chi connectivity index (χ0v) is 14.8. The van der Waals surface area contributed by atoms with Crippen LogP contribution in [0, 0.1) is 0 Å². The molecule has 0 saturated carbocycles. The van der Waals surface area contributed by atoms with E-state index in [0.717, 1.165) is 26.9 Å². The van der Waals surface area contributed by atoms with Gasteiger partial charge in [0.05, 0.1) is 11.2 Å². The minimum Gasteiger partial charge on any atom is -0.404 e.